The third-order valence-electron chi connectivity index (χ3n) is 3.76. The molecule has 2 aromatic heterocycles. The summed E-state index contributed by atoms with van der Waals surface area (Å²) in [5, 5.41) is 2.77. The Bertz CT molecular complexity index is 874. The van der Waals surface area contributed by atoms with Crippen molar-refractivity contribution in [1.82, 2.24) is 20.3 Å². The Morgan fingerprint density at radius 1 is 1.15 bits per heavy atom. The number of imidazole rings is 1. The summed E-state index contributed by atoms with van der Waals surface area (Å²) in [6, 6.07) is 8.18. The van der Waals surface area contributed by atoms with Crippen molar-refractivity contribution < 1.29 is 18.0 Å². The molecule has 0 saturated heterocycles. The third-order valence-corrected chi connectivity index (χ3v) is 3.76. The van der Waals surface area contributed by atoms with Crippen molar-refractivity contribution in [2.45, 2.75) is 12.6 Å². The van der Waals surface area contributed by atoms with E-state index >= 15 is 0 Å². The number of H-pyrrole nitrogens is 1. The summed E-state index contributed by atoms with van der Waals surface area (Å²) >= 11 is 0. The summed E-state index contributed by atoms with van der Waals surface area (Å²) in [6.07, 6.45) is 0.569. The fourth-order valence-corrected chi connectivity index (χ4v) is 2.39. The highest BCUT2D eigenvalue weighted by atomic mass is 19.4. The number of carbonyl (C=O) groups excluding carboxylic acids is 1. The molecule has 0 aliphatic rings. The number of aromatic amines is 1. The van der Waals surface area contributed by atoms with E-state index in [1.165, 1.54) is 0 Å². The van der Waals surface area contributed by atoms with Gasteiger partial charge in [0.15, 0.2) is 0 Å². The maximum atomic E-state index is 12.8. The first-order valence-electron chi connectivity index (χ1n) is 7.82. The molecule has 0 radical (unpaired) electrons. The molecule has 3 rings (SSSR count). The first-order chi connectivity index (χ1) is 12.4. The minimum Gasteiger partial charge on any atom is -0.352 e. The molecule has 2 N–H and O–H groups in total. The van der Waals surface area contributed by atoms with Gasteiger partial charge in [0.2, 0.25) is 0 Å². The Hall–Kier alpha value is -3.16. The number of amides is 1. The highest BCUT2D eigenvalue weighted by Gasteiger charge is 2.30. The van der Waals surface area contributed by atoms with E-state index in [0.717, 1.165) is 24.0 Å². The zero-order chi connectivity index (χ0) is 18.6. The van der Waals surface area contributed by atoms with E-state index in [2.05, 4.69) is 20.3 Å². The molecule has 1 amide bonds. The van der Waals surface area contributed by atoms with Gasteiger partial charge in [-0.2, -0.15) is 13.2 Å². The van der Waals surface area contributed by atoms with Crippen molar-refractivity contribution in [2.75, 3.05) is 6.54 Å². The van der Waals surface area contributed by atoms with Crippen LogP contribution in [0.3, 0.4) is 0 Å². The largest absolute Gasteiger partial charge is 0.416 e. The molecule has 0 spiro atoms. The smallest absolute Gasteiger partial charge is 0.352 e. The fourth-order valence-electron chi connectivity index (χ4n) is 2.39. The van der Waals surface area contributed by atoms with Gasteiger partial charge in [-0.3, -0.25) is 9.78 Å². The van der Waals surface area contributed by atoms with Crippen molar-refractivity contribution in [3.8, 4) is 11.3 Å². The second-order valence-corrected chi connectivity index (χ2v) is 5.59. The number of alkyl halides is 3. The number of rotatable bonds is 5. The van der Waals surface area contributed by atoms with Gasteiger partial charge in [-0.05, 0) is 24.3 Å². The predicted molar refractivity (Wildman–Crippen MR) is 89.3 cm³/mol. The average molecular weight is 360 g/mol. The summed E-state index contributed by atoms with van der Waals surface area (Å²) < 4.78 is 38.4. The standard InChI is InChI=1S/C18H15F3N4O/c19-18(20,21)14-5-7-23-16(9-14)12-1-3-13(4-2-12)17(26)24-8-6-15-10-22-11-25-15/h1-5,7,9-11H,6,8H2,(H,22,25)(H,24,26). The zero-order valence-corrected chi connectivity index (χ0v) is 13.5. The van der Waals surface area contributed by atoms with Crippen molar-refractivity contribution in [3.05, 3.63) is 71.9 Å². The molecule has 0 unspecified atom stereocenters. The lowest BCUT2D eigenvalue weighted by Crippen LogP contribution is -2.25. The normalized spacial score (nSPS) is 11.3. The molecule has 134 valence electrons. The number of pyridine rings is 1. The average Bonchev–Trinajstić information content (AvgIpc) is 3.15. The Balaban J connectivity index is 1.65. The van der Waals surface area contributed by atoms with Crippen LogP contribution in [0.15, 0.2) is 55.1 Å². The molecule has 3 aromatic rings. The summed E-state index contributed by atoms with van der Waals surface area (Å²) in [4.78, 5) is 22.9. The van der Waals surface area contributed by atoms with E-state index in [-0.39, 0.29) is 11.6 Å². The molecule has 0 aliphatic heterocycles. The van der Waals surface area contributed by atoms with Crippen LogP contribution < -0.4 is 5.32 Å². The number of nitrogens with zero attached hydrogens (tertiary/aromatic N) is 2. The van der Waals surface area contributed by atoms with Gasteiger partial charge in [0.05, 0.1) is 17.6 Å². The summed E-state index contributed by atoms with van der Waals surface area (Å²) in [7, 11) is 0. The van der Waals surface area contributed by atoms with Gasteiger partial charge in [0.1, 0.15) is 0 Å². The van der Waals surface area contributed by atoms with Crippen LogP contribution >= 0.6 is 0 Å². The highest BCUT2D eigenvalue weighted by molar-refractivity contribution is 5.94. The number of carbonyl (C=O) groups is 1. The molecule has 1 aromatic carbocycles. The molecule has 2 heterocycles. The van der Waals surface area contributed by atoms with Crippen LogP contribution in [0, 0.1) is 0 Å². The van der Waals surface area contributed by atoms with Gasteiger partial charge in [-0.1, -0.05) is 12.1 Å². The minimum absolute atomic E-state index is 0.200. The van der Waals surface area contributed by atoms with Crippen molar-refractivity contribution in [1.29, 1.82) is 0 Å². The topological polar surface area (TPSA) is 70.7 Å². The van der Waals surface area contributed by atoms with E-state index in [1.54, 1.807) is 36.8 Å². The third kappa shape index (κ3) is 4.27. The Kier molecular flexibility index (Phi) is 5.01. The van der Waals surface area contributed by atoms with Gasteiger partial charge in [-0.25, -0.2) is 4.98 Å². The number of nitrogens with one attached hydrogen (secondary N) is 2. The zero-order valence-electron chi connectivity index (χ0n) is 13.5. The molecular formula is C18H15F3N4O. The molecular weight excluding hydrogens is 345 g/mol. The van der Waals surface area contributed by atoms with E-state index in [4.69, 9.17) is 0 Å². The number of aromatic nitrogens is 3. The maximum Gasteiger partial charge on any atom is 0.416 e. The Morgan fingerprint density at radius 2 is 1.92 bits per heavy atom. The van der Waals surface area contributed by atoms with Crippen LogP contribution in [0.1, 0.15) is 21.6 Å². The summed E-state index contributed by atoms with van der Waals surface area (Å²) in [5.41, 5.74) is 1.28. The number of hydrogen-bond donors (Lipinski definition) is 2. The van der Waals surface area contributed by atoms with Crippen LogP contribution in [0.4, 0.5) is 13.2 Å². The predicted octanol–water partition coefficient (Wildman–Crippen LogP) is 3.46. The quantitative estimate of drug-likeness (QED) is 0.732. The number of benzene rings is 1. The van der Waals surface area contributed by atoms with E-state index in [1.807, 2.05) is 0 Å². The first kappa shape index (κ1) is 17.7. The van der Waals surface area contributed by atoms with E-state index in [0.29, 0.717) is 24.1 Å². The highest BCUT2D eigenvalue weighted by Crippen LogP contribution is 2.31. The molecule has 0 fully saturated rings. The molecule has 0 aliphatic carbocycles. The second-order valence-electron chi connectivity index (χ2n) is 5.59. The van der Waals surface area contributed by atoms with Gasteiger partial charge < -0.3 is 10.3 Å². The van der Waals surface area contributed by atoms with E-state index in [9.17, 15) is 18.0 Å². The van der Waals surface area contributed by atoms with Gasteiger partial charge >= 0.3 is 6.18 Å². The van der Waals surface area contributed by atoms with Gasteiger partial charge in [0.25, 0.3) is 5.91 Å². The van der Waals surface area contributed by atoms with Crippen molar-refractivity contribution in [2.24, 2.45) is 0 Å². The fraction of sp³-hybridized carbons (Fsp3) is 0.167. The second kappa shape index (κ2) is 7.38. The molecule has 0 saturated carbocycles. The number of halogens is 3. The maximum absolute atomic E-state index is 12.8. The molecule has 5 nitrogen and oxygen atoms in total. The summed E-state index contributed by atoms with van der Waals surface area (Å²) in [6.45, 7) is 0.442. The number of hydrogen-bond acceptors (Lipinski definition) is 3. The van der Waals surface area contributed by atoms with Crippen LogP contribution in [-0.4, -0.2) is 27.4 Å². The lowest BCUT2D eigenvalue weighted by atomic mass is 10.1. The van der Waals surface area contributed by atoms with E-state index < -0.39 is 11.7 Å². The molecule has 0 bridgehead atoms. The lowest BCUT2D eigenvalue weighted by Gasteiger charge is -2.09. The van der Waals surface area contributed by atoms with Gasteiger partial charge in [0, 0.05) is 42.2 Å². The summed E-state index contributed by atoms with van der Waals surface area (Å²) in [5.74, 6) is -0.256. The Morgan fingerprint density at radius 3 is 2.58 bits per heavy atom. The van der Waals surface area contributed by atoms with Gasteiger partial charge in [-0.15, -0.1) is 0 Å². The Labute approximate surface area is 147 Å². The molecule has 26 heavy (non-hydrogen) atoms. The van der Waals surface area contributed by atoms with Crippen LogP contribution in [-0.2, 0) is 12.6 Å². The van der Waals surface area contributed by atoms with Crippen LogP contribution in [0.25, 0.3) is 11.3 Å². The van der Waals surface area contributed by atoms with Crippen molar-refractivity contribution >= 4 is 5.91 Å². The molecule has 0 atom stereocenters. The van der Waals surface area contributed by atoms with Crippen LogP contribution in [0.2, 0.25) is 0 Å². The first-order valence-corrected chi connectivity index (χ1v) is 7.82. The van der Waals surface area contributed by atoms with Crippen molar-refractivity contribution in [3.63, 3.8) is 0 Å². The lowest BCUT2D eigenvalue weighted by molar-refractivity contribution is -0.137. The monoisotopic (exact) mass is 360 g/mol. The molecule has 8 heteroatoms. The SMILES string of the molecule is O=C(NCCc1cnc[nH]1)c1ccc(-c2cc(C(F)(F)F)ccn2)cc1. The minimum atomic E-state index is -4.42. The van der Waals surface area contributed by atoms with Crippen LogP contribution in [0.5, 0.6) is 0 Å².